The first-order valence-corrected chi connectivity index (χ1v) is 10.3. The summed E-state index contributed by atoms with van der Waals surface area (Å²) in [5.41, 5.74) is 7.57. The van der Waals surface area contributed by atoms with Crippen LogP contribution in [0.4, 0.5) is 0 Å². The van der Waals surface area contributed by atoms with Crippen LogP contribution in [0.15, 0.2) is 41.6 Å². The van der Waals surface area contributed by atoms with Gasteiger partial charge in [-0.1, -0.05) is 24.3 Å². The molecule has 30 heavy (non-hydrogen) atoms. The highest BCUT2D eigenvalue weighted by atomic mass is 32.2. The van der Waals surface area contributed by atoms with Crippen LogP contribution in [0.1, 0.15) is 24.1 Å². The number of ether oxygens (including phenoxy) is 1. The van der Waals surface area contributed by atoms with Crippen molar-refractivity contribution in [2.75, 3.05) is 12.9 Å². The number of nitrogens with two attached hydrogens (primary N) is 1. The number of amides is 2. The molecule has 0 spiro atoms. The first-order valence-electron chi connectivity index (χ1n) is 9.21. The van der Waals surface area contributed by atoms with Crippen LogP contribution in [-0.2, 0) is 21.0 Å². The van der Waals surface area contributed by atoms with Gasteiger partial charge in [0, 0.05) is 11.3 Å². The lowest BCUT2D eigenvalue weighted by Gasteiger charge is -2.49. The van der Waals surface area contributed by atoms with Gasteiger partial charge >= 0.3 is 5.97 Å². The number of aliphatic hydroxyl groups excluding tert-OH is 1. The summed E-state index contributed by atoms with van der Waals surface area (Å²) in [5, 5.41) is 21.0. The molecule has 0 saturated carbocycles. The predicted octanol–water partition coefficient (Wildman–Crippen LogP) is 0.502. The normalized spacial score (nSPS) is 21.9. The number of β-lactam (4-membered cyclic amide) rings is 1. The van der Waals surface area contributed by atoms with Crippen LogP contribution in [0.3, 0.4) is 0 Å². The number of carboxylic acids is 1. The molecule has 160 valence electrons. The fourth-order valence-corrected chi connectivity index (χ4v) is 4.77. The van der Waals surface area contributed by atoms with Crippen molar-refractivity contribution in [2.45, 2.75) is 31.0 Å². The van der Waals surface area contributed by atoms with E-state index in [9.17, 15) is 24.6 Å². The van der Waals surface area contributed by atoms with Crippen molar-refractivity contribution in [2.24, 2.45) is 5.73 Å². The average Bonchev–Trinajstić information content (AvgIpc) is 2.75. The molecule has 10 heteroatoms. The Labute approximate surface area is 177 Å². The first kappa shape index (κ1) is 21.9. The molecule has 3 rings (SSSR count). The number of nitrogens with one attached hydrogen (secondary N) is 1. The van der Waals surface area contributed by atoms with Gasteiger partial charge < -0.3 is 26.0 Å². The van der Waals surface area contributed by atoms with Crippen LogP contribution < -0.4 is 15.8 Å². The van der Waals surface area contributed by atoms with Gasteiger partial charge in [-0.25, -0.2) is 4.79 Å². The molecule has 1 aromatic carbocycles. The van der Waals surface area contributed by atoms with E-state index in [1.165, 1.54) is 23.8 Å². The molecule has 5 N–H and O–H groups in total. The third-order valence-electron chi connectivity index (χ3n) is 4.99. The van der Waals surface area contributed by atoms with E-state index < -0.39 is 35.2 Å². The fraction of sp³-hybridized carbons (Fsp3) is 0.350. The minimum absolute atomic E-state index is 0.0547. The van der Waals surface area contributed by atoms with Crippen molar-refractivity contribution in [1.29, 1.82) is 0 Å². The second kappa shape index (κ2) is 8.90. The molecule has 2 heterocycles. The van der Waals surface area contributed by atoms with Crippen molar-refractivity contribution in [1.82, 2.24) is 10.2 Å². The van der Waals surface area contributed by atoms with E-state index in [1.807, 2.05) is 0 Å². The zero-order valence-corrected chi connectivity index (χ0v) is 17.3. The Hall–Kier alpha value is -2.82. The summed E-state index contributed by atoms with van der Waals surface area (Å²) >= 11 is 1.38. The van der Waals surface area contributed by atoms with E-state index in [4.69, 9.17) is 10.5 Å². The van der Waals surface area contributed by atoms with E-state index in [-0.39, 0.29) is 12.3 Å². The van der Waals surface area contributed by atoms with Crippen molar-refractivity contribution in [3.63, 3.8) is 0 Å². The molecule has 0 radical (unpaired) electrons. The molecular weight excluding hydrogens is 410 g/mol. The Morgan fingerprint density at radius 1 is 1.47 bits per heavy atom. The Morgan fingerprint density at radius 2 is 2.20 bits per heavy atom. The monoisotopic (exact) mass is 433 g/mol. The van der Waals surface area contributed by atoms with Gasteiger partial charge in [0.25, 0.3) is 5.91 Å². The largest absolute Gasteiger partial charge is 0.496 e. The molecule has 1 unspecified atom stereocenters. The van der Waals surface area contributed by atoms with Gasteiger partial charge in [-0.3, -0.25) is 14.5 Å². The average molecular weight is 433 g/mol. The number of methoxy groups -OCH3 is 1. The van der Waals surface area contributed by atoms with Crippen molar-refractivity contribution in [3.05, 3.63) is 52.7 Å². The van der Waals surface area contributed by atoms with Gasteiger partial charge in [0.15, 0.2) is 0 Å². The molecule has 2 aliphatic rings. The molecule has 1 saturated heterocycles. The van der Waals surface area contributed by atoms with Crippen LogP contribution in [-0.4, -0.2) is 57.2 Å². The lowest BCUT2D eigenvalue weighted by atomic mass is 10.0. The number of allylic oxidation sites excluding steroid dienone is 2. The van der Waals surface area contributed by atoms with E-state index in [2.05, 4.69) is 5.32 Å². The number of carbonyl (C=O) groups is 3. The number of hydrogen-bond donors (Lipinski definition) is 4. The summed E-state index contributed by atoms with van der Waals surface area (Å²) < 4.78 is 5.19. The number of rotatable bonds is 7. The number of nitrogens with zero attached hydrogens (tertiary/aromatic N) is 1. The third-order valence-corrected chi connectivity index (χ3v) is 6.29. The van der Waals surface area contributed by atoms with Crippen LogP contribution >= 0.6 is 11.8 Å². The first-order chi connectivity index (χ1) is 14.3. The molecule has 2 aliphatic heterocycles. The maximum atomic E-state index is 12.7. The summed E-state index contributed by atoms with van der Waals surface area (Å²) in [6.45, 7) is 1.55. The fourth-order valence-electron chi connectivity index (χ4n) is 3.45. The zero-order chi connectivity index (χ0) is 22.0. The summed E-state index contributed by atoms with van der Waals surface area (Å²) in [4.78, 5) is 38.2. The van der Waals surface area contributed by atoms with E-state index in [0.29, 0.717) is 28.2 Å². The van der Waals surface area contributed by atoms with Crippen LogP contribution in [0, 0.1) is 0 Å². The summed E-state index contributed by atoms with van der Waals surface area (Å²) in [5.74, 6) is -1.41. The summed E-state index contributed by atoms with van der Waals surface area (Å²) in [7, 11) is 1.45. The smallest absolute Gasteiger partial charge is 0.352 e. The van der Waals surface area contributed by atoms with Crippen molar-refractivity contribution in [3.8, 4) is 5.75 Å². The SMILES string of the molecule is C/C=C\C1=C(C(=O)O)N2C(=O)C(NC(=O)[C@H](N)c3ccc(CO)c(OC)c3)[C@H]2SC1. The van der Waals surface area contributed by atoms with Crippen LogP contribution in [0.25, 0.3) is 0 Å². The Morgan fingerprint density at radius 3 is 2.80 bits per heavy atom. The molecule has 2 amide bonds. The topological polar surface area (TPSA) is 142 Å². The summed E-state index contributed by atoms with van der Waals surface area (Å²) in [6, 6.07) is 2.87. The van der Waals surface area contributed by atoms with Gasteiger partial charge in [-0.05, 0) is 24.1 Å². The van der Waals surface area contributed by atoms with Gasteiger partial charge in [0.1, 0.15) is 28.9 Å². The predicted molar refractivity (Wildman–Crippen MR) is 110 cm³/mol. The molecule has 0 aromatic heterocycles. The number of carbonyl (C=O) groups excluding carboxylic acids is 2. The van der Waals surface area contributed by atoms with Gasteiger partial charge in [0.05, 0.1) is 13.7 Å². The molecular formula is C20H23N3O6S. The van der Waals surface area contributed by atoms with Crippen molar-refractivity contribution >= 4 is 29.5 Å². The van der Waals surface area contributed by atoms with Gasteiger partial charge in [-0.2, -0.15) is 0 Å². The second-order valence-electron chi connectivity index (χ2n) is 6.78. The van der Waals surface area contributed by atoms with E-state index in [0.717, 1.165) is 0 Å². The molecule has 9 nitrogen and oxygen atoms in total. The van der Waals surface area contributed by atoms with Crippen LogP contribution in [0.2, 0.25) is 0 Å². The minimum atomic E-state index is -1.18. The molecule has 1 fully saturated rings. The molecule has 1 aromatic rings. The number of thioether (sulfide) groups is 1. The standard InChI is InChI=1S/C20H23N3O6S/c1-3-4-12-9-30-19-15(18(26)23(19)16(12)20(27)28)22-17(25)14(21)10-5-6-11(8-24)13(7-10)29-2/h3-7,14-15,19,24H,8-9,21H2,1-2H3,(H,22,25)(H,27,28)/b4-3-/t14-,15?,19-/m1/s1. The van der Waals surface area contributed by atoms with Gasteiger partial charge in [-0.15, -0.1) is 11.8 Å². The van der Waals surface area contributed by atoms with Crippen LogP contribution in [0.5, 0.6) is 5.75 Å². The number of aliphatic carboxylic acids is 1. The number of aliphatic hydroxyl groups is 1. The zero-order valence-electron chi connectivity index (χ0n) is 16.5. The number of carboxylic acid groups (broad SMARTS) is 1. The molecule has 0 aliphatic carbocycles. The maximum Gasteiger partial charge on any atom is 0.352 e. The number of hydrogen-bond acceptors (Lipinski definition) is 7. The summed E-state index contributed by atoms with van der Waals surface area (Å²) in [6.07, 6.45) is 3.39. The quantitative estimate of drug-likeness (QED) is 0.456. The lowest BCUT2D eigenvalue weighted by molar-refractivity contribution is -0.150. The Balaban J connectivity index is 1.75. The highest BCUT2D eigenvalue weighted by Gasteiger charge is 2.54. The number of benzene rings is 1. The molecule has 3 atom stereocenters. The number of fused-ring (bicyclic) bond motifs is 1. The van der Waals surface area contributed by atoms with Gasteiger partial charge in [0.2, 0.25) is 5.91 Å². The second-order valence-corrected chi connectivity index (χ2v) is 7.89. The molecule has 0 bridgehead atoms. The third kappa shape index (κ3) is 3.81. The lowest BCUT2D eigenvalue weighted by Crippen LogP contribution is -2.71. The Bertz CT molecular complexity index is 944. The maximum absolute atomic E-state index is 12.7. The van der Waals surface area contributed by atoms with Crippen molar-refractivity contribution < 1.29 is 29.3 Å². The highest BCUT2D eigenvalue weighted by Crippen LogP contribution is 2.40. The highest BCUT2D eigenvalue weighted by molar-refractivity contribution is 8.00. The van der Waals surface area contributed by atoms with E-state index in [1.54, 1.807) is 37.3 Å². The minimum Gasteiger partial charge on any atom is -0.496 e. The van der Waals surface area contributed by atoms with E-state index >= 15 is 0 Å². The Kier molecular flexibility index (Phi) is 6.49.